The van der Waals surface area contributed by atoms with Crippen molar-refractivity contribution in [3.05, 3.63) is 218 Å². The SMILES string of the molecule is c1ccc(-c2cc(-c3ccc(-n4c5ccccc5c5ccccc54)cc3)nc(-c3cccc(-c4cccc5c4nc(-c4cccc6ccccc46)c4oc6ccccc6c45)c3)n2)cc1. The summed E-state index contributed by atoms with van der Waals surface area (Å²) < 4.78 is 9.03. The Kier molecular flexibility index (Phi) is 8.15. The Morgan fingerprint density at radius 3 is 1.72 bits per heavy atom. The van der Waals surface area contributed by atoms with E-state index in [1.165, 1.54) is 21.8 Å². The number of rotatable bonds is 6. The summed E-state index contributed by atoms with van der Waals surface area (Å²) in [5, 5.41) is 7.94. The van der Waals surface area contributed by atoms with Crippen LogP contribution in [0.4, 0.5) is 0 Å². The molecule has 0 aliphatic heterocycles. The molecule has 0 fully saturated rings. The molecule has 0 amide bonds. The molecule has 0 bridgehead atoms. The first-order valence-corrected chi connectivity index (χ1v) is 21.6. The summed E-state index contributed by atoms with van der Waals surface area (Å²) in [6.07, 6.45) is 0. The molecule has 298 valence electrons. The van der Waals surface area contributed by atoms with Crippen molar-refractivity contribution in [2.45, 2.75) is 0 Å². The van der Waals surface area contributed by atoms with Gasteiger partial charge >= 0.3 is 0 Å². The van der Waals surface area contributed by atoms with Crippen molar-refractivity contribution in [3.63, 3.8) is 0 Å². The maximum Gasteiger partial charge on any atom is 0.162 e. The van der Waals surface area contributed by atoms with Crippen LogP contribution in [0, 0.1) is 0 Å². The molecule has 0 radical (unpaired) electrons. The minimum atomic E-state index is 0.650. The highest BCUT2D eigenvalue weighted by Crippen LogP contribution is 2.43. The predicted molar refractivity (Wildman–Crippen MR) is 264 cm³/mol. The Hall–Kier alpha value is -8.67. The van der Waals surface area contributed by atoms with Crippen molar-refractivity contribution >= 4 is 65.4 Å². The van der Waals surface area contributed by atoms with Gasteiger partial charge in [-0.15, -0.1) is 0 Å². The van der Waals surface area contributed by atoms with Crippen molar-refractivity contribution in [3.8, 4) is 62.0 Å². The Morgan fingerprint density at radius 2 is 0.938 bits per heavy atom. The van der Waals surface area contributed by atoms with E-state index >= 15 is 0 Å². The Bertz CT molecular complexity index is 3900. The largest absolute Gasteiger partial charge is 0.454 e. The standard InChI is InChI=1S/C59H36N4O/c1-2-16-38(17-3-1)50-36-51(39-31-33-42(34-32-39)63-52-28-9-6-22-45(52)46-23-7-10-29-53(46)63)61-59(60-50)41-20-12-19-40(35-41)44-25-14-27-49-55-48-24-8-11-30-54(48)64-58(55)57(62-56(44)49)47-26-13-18-37-15-4-5-21-43(37)47/h1-36H. The van der Waals surface area contributed by atoms with Crippen molar-refractivity contribution in [1.82, 2.24) is 19.5 Å². The van der Waals surface area contributed by atoms with Crippen molar-refractivity contribution in [2.75, 3.05) is 0 Å². The van der Waals surface area contributed by atoms with Gasteiger partial charge in [-0.1, -0.05) is 176 Å². The quantitative estimate of drug-likeness (QED) is 0.168. The molecule has 4 heterocycles. The van der Waals surface area contributed by atoms with Gasteiger partial charge < -0.3 is 8.98 Å². The fourth-order valence-corrected chi connectivity index (χ4v) is 9.64. The summed E-state index contributed by atoms with van der Waals surface area (Å²) in [7, 11) is 0. The van der Waals surface area contributed by atoms with Gasteiger partial charge in [0.2, 0.25) is 0 Å². The van der Waals surface area contributed by atoms with Crippen LogP contribution >= 0.6 is 0 Å². The lowest BCUT2D eigenvalue weighted by atomic mass is 9.95. The summed E-state index contributed by atoms with van der Waals surface area (Å²) in [4.78, 5) is 16.1. The first kappa shape index (κ1) is 36.0. The molecule has 64 heavy (non-hydrogen) atoms. The number of para-hydroxylation sites is 4. The molecule has 0 aliphatic carbocycles. The maximum atomic E-state index is 6.69. The van der Waals surface area contributed by atoms with E-state index in [2.05, 4.69) is 205 Å². The van der Waals surface area contributed by atoms with E-state index in [1.807, 2.05) is 18.2 Å². The molecule has 0 aliphatic rings. The van der Waals surface area contributed by atoms with Crippen LogP contribution in [0.5, 0.6) is 0 Å². The molecule has 4 aromatic heterocycles. The van der Waals surface area contributed by atoms with Crippen molar-refractivity contribution in [1.29, 1.82) is 0 Å². The molecule has 13 aromatic rings. The second-order valence-electron chi connectivity index (χ2n) is 16.3. The summed E-state index contributed by atoms with van der Waals surface area (Å²) in [5.41, 5.74) is 14.6. The summed E-state index contributed by atoms with van der Waals surface area (Å²) >= 11 is 0. The van der Waals surface area contributed by atoms with Crippen molar-refractivity contribution < 1.29 is 4.42 Å². The second-order valence-corrected chi connectivity index (χ2v) is 16.3. The molecule has 5 heteroatoms. The average Bonchev–Trinajstić information content (AvgIpc) is 3.93. The van der Waals surface area contributed by atoms with E-state index in [1.54, 1.807) is 0 Å². The number of fused-ring (bicyclic) bond motifs is 9. The van der Waals surface area contributed by atoms with Crippen LogP contribution in [0.1, 0.15) is 0 Å². The first-order chi connectivity index (χ1) is 31.7. The number of benzene rings is 9. The fraction of sp³-hybridized carbons (Fsp3) is 0. The Labute approximate surface area is 368 Å². The number of nitrogens with zero attached hydrogens (tertiary/aromatic N) is 4. The summed E-state index contributed by atoms with van der Waals surface area (Å²) in [6.45, 7) is 0. The van der Waals surface area contributed by atoms with Crippen LogP contribution in [-0.2, 0) is 0 Å². The zero-order chi connectivity index (χ0) is 42.1. The highest BCUT2D eigenvalue weighted by atomic mass is 16.3. The van der Waals surface area contributed by atoms with Gasteiger partial charge in [-0.25, -0.2) is 15.0 Å². The lowest BCUT2D eigenvalue weighted by Crippen LogP contribution is -1.97. The summed E-state index contributed by atoms with van der Waals surface area (Å²) in [6, 6.07) is 76.6. The molecule has 13 rings (SSSR count). The van der Waals surface area contributed by atoms with Gasteiger partial charge in [-0.3, -0.25) is 0 Å². The molecule has 9 aromatic carbocycles. The minimum absolute atomic E-state index is 0.650. The lowest BCUT2D eigenvalue weighted by molar-refractivity contribution is 0.669. The van der Waals surface area contributed by atoms with Gasteiger partial charge in [0.25, 0.3) is 0 Å². The molecular weight excluding hydrogens is 781 g/mol. The topological polar surface area (TPSA) is 56.7 Å². The first-order valence-electron chi connectivity index (χ1n) is 21.6. The molecule has 0 saturated heterocycles. The zero-order valence-electron chi connectivity index (χ0n) is 34.5. The third-order valence-electron chi connectivity index (χ3n) is 12.6. The van der Waals surface area contributed by atoms with E-state index in [-0.39, 0.29) is 0 Å². The molecular formula is C59H36N4O. The van der Waals surface area contributed by atoms with Gasteiger partial charge in [0.05, 0.1) is 27.9 Å². The number of pyridine rings is 1. The van der Waals surface area contributed by atoms with E-state index in [9.17, 15) is 0 Å². The Balaban J connectivity index is 0.969. The molecule has 0 N–H and O–H groups in total. The van der Waals surface area contributed by atoms with E-state index in [0.29, 0.717) is 5.82 Å². The van der Waals surface area contributed by atoms with E-state index in [4.69, 9.17) is 19.4 Å². The van der Waals surface area contributed by atoms with Crippen LogP contribution in [0.3, 0.4) is 0 Å². The van der Waals surface area contributed by atoms with Gasteiger partial charge in [0.15, 0.2) is 11.4 Å². The molecule has 0 spiro atoms. The predicted octanol–water partition coefficient (Wildman–Crippen LogP) is 15.5. The zero-order valence-corrected chi connectivity index (χ0v) is 34.5. The molecule has 0 unspecified atom stereocenters. The number of hydrogen-bond donors (Lipinski definition) is 0. The number of hydrogen-bond acceptors (Lipinski definition) is 4. The second kappa shape index (κ2) is 14.5. The van der Waals surface area contributed by atoms with Crippen molar-refractivity contribution in [2.24, 2.45) is 0 Å². The van der Waals surface area contributed by atoms with Gasteiger partial charge in [0, 0.05) is 60.4 Å². The molecule has 0 saturated carbocycles. The van der Waals surface area contributed by atoms with Gasteiger partial charge in [0.1, 0.15) is 11.3 Å². The Morgan fingerprint density at radius 1 is 0.375 bits per heavy atom. The molecule has 0 atom stereocenters. The highest BCUT2D eigenvalue weighted by molar-refractivity contribution is 6.23. The van der Waals surface area contributed by atoms with Crippen LogP contribution in [-0.4, -0.2) is 19.5 Å². The monoisotopic (exact) mass is 816 g/mol. The van der Waals surface area contributed by atoms with E-state index in [0.717, 1.165) is 99.8 Å². The van der Waals surface area contributed by atoms with Gasteiger partial charge in [-0.2, -0.15) is 0 Å². The van der Waals surface area contributed by atoms with E-state index < -0.39 is 0 Å². The van der Waals surface area contributed by atoms with Gasteiger partial charge in [-0.05, 0) is 58.8 Å². The normalized spacial score (nSPS) is 11.8. The third-order valence-corrected chi connectivity index (χ3v) is 12.6. The van der Waals surface area contributed by atoms with Crippen LogP contribution < -0.4 is 0 Å². The minimum Gasteiger partial charge on any atom is -0.454 e. The average molecular weight is 817 g/mol. The van der Waals surface area contributed by atoms with Crippen LogP contribution in [0.15, 0.2) is 223 Å². The fourth-order valence-electron chi connectivity index (χ4n) is 9.64. The highest BCUT2D eigenvalue weighted by Gasteiger charge is 2.21. The van der Waals surface area contributed by atoms with Crippen LogP contribution in [0.25, 0.3) is 127 Å². The van der Waals surface area contributed by atoms with Crippen LogP contribution in [0.2, 0.25) is 0 Å². The lowest BCUT2D eigenvalue weighted by Gasteiger charge is -2.13. The number of furan rings is 1. The number of aromatic nitrogens is 4. The molecule has 5 nitrogen and oxygen atoms in total. The third kappa shape index (κ3) is 5.75. The smallest absolute Gasteiger partial charge is 0.162 e. The summed E-state index contributed by atoms with van der Waals surface area (Å²) in [5.74, 6) is 0.650. The maximum absolute atomic E-state index is 6.69.